The van der Waals surface area contributed by atoms with E-state index < -0.39 is 0 Å². The molecule has 24 heavy (non-hydrogen) atoms. The number of hydrogen-bond donors (Lipinski definition) is 1. The first-order valence-corrected chi connectivity index (χ1v) is 7.71. The Balaban J connectivity index is 1.86. The molecule has 5 heteroatoms. The highest BCUT2D eigenvalue weighted by Crippen LogP contribution is 2.22. The molecule has 1 heterocycles. The molecule has 0 radical (unpaired) electrons. The van der Waals surface area contributed by atoms with Crippen molar-refractivity contribution in [2.24, 2.45) is 0 Å². The zero-order valence-electron chi connectivity index (χ0n) is 13.6. The minimum absolute atomic E-state index is 0.239. The number of rotatable bonds is 5. The maximum absolute atomic E-state index is 13.0. The van der Waals surface area contributed by atoms with E-state index in [4.69, 9.17) is 9.15 Å². The van der Waals surface area contributed by atoms with Crippen LogP contribution in [0.15, 0.2) is 57.7 Å². The molecule has 0 aliphatic carbocycles. The van der Waals surface area contributed by atoms with Gasteiger partial charge in [-0.05, 0) is 24.3 Å². The Morgan fingerprint density at radius 3 is 2.54 bits per heavy atom. The molecule has 124 valence electrons. The minimum Gasteiger partial charge on any atom is -0.497 e. The van der Waals surface area contributed by atoms with Crippen molar-refractivity contribution >= 4 is 11.0 Å². The van der Waals surface area contributed by atoms with Crippen molar-refractivity contribution < 1.29 is 18.4 Å². The zero-order chi connectivity index (χ0) is 17.1. The molecule has 0 fully saturated rings. The fourth-order valence-corrected chi connectivity index (χ4v) is 2.82. The van der Waals surface area contributed by atoms with E-state index in [0.29, 0.717) is 17.9 Å². The lowest BCUT2D eigenvalue weighted by molar-refractivity contribution is -0.907. The van der Waals surface area contributed by atoms with Gasteiger partial charge in [-0.15, -0.1) is 0 Å². The van der Waals surface area contributed by atoms with E-state index in [0.717, 1.165) is 23.1 Å². The molecule has 1 atom stereocenters. The van der Waals surface area contributed by atoms with Gasteiger partial charge in [-0.25, -0.2) is 9.18 Å². The van der Waals surface area contributed by atoms with Gasteiger partial charge in [-0.2, -0.15) is 0 Å². The maximum atomic E-state index is 13.0. The van der Waals surface area contributed by atoms with E-state index in [1.54, 1.807) is 25.3 Å². The SMILES string of the molecule is COc1ccc2c(C[NH+](C)Cc3ccc(F)cc3)cc(=O)oc2c1. The van der Waals surface area contributed by atoms with Crippen molar-refractivity contribution in [1.82, 2.24) is 0 Å². The Hall–Kier alpha value is -2.66. The lowest BCUT2D eigenvalue weighted by atomic mass is 10.1. The normalized spacial score (nSPS) is 12.3. The Labute approximate surface area is 139 Å². The van der Waals surface area contributed by atoms with Crippen LogP contribution in [0, 0.1) is 5.82 Å². The second kappa shape index (κ2) is 6.84. The van der Waals surface area contributed by atoms with Crippen LogP contribution in [0.2, 0.25) is 0 Å². The first kappa shape index (κ1) is 16.2. The summed E-state index contributed by atoms with van der Waals surface area (Å²) in [5.74, 6) is 0.409. The summed E-state index contributed by atoms with van der Waals surface area (Å²) < 4.78 is 23.4. The molecule has 3 aromatic rings. The molecule has 1 unspecified atom stereocenters. The van der Waals surface area contributed by atoms with Gasteiger partial charge in [0.2, 0.25) is 0 Å². The van der Waals surface area contributed by atoms with Crippen molar-refractivity contribution in [3.05, 3.63) is 75.9 Å². The molecule has 0 aliphatic heterocycles. The van der Waals surface area contributed by atoms with Gasteiger partial charge in [0, 0.05) is 28.6 Å². The van der Waals surface area contributed by atoms with E-state index in [1.165, 1.54) is 23.1 Å². The molecule has 4 nitrogen and oxygen atoms in total. The smallest absolute Gasteiger partial charge is 0.336 e. The molecule has 3 rings (SSSR count). The predicted octanol–water partition coefficient (Wildman–Crippen LogP) is 2.16. The average molecular weight is 328 g/mol. The van der Waals surface area contributed by atoms with Crippen LogP contribution in [-0.2, 0) is 13.1 Å². The molecule has 2 aromatic carbocycles. The highest BCUT2D eigenvalue weighted by molar-refractivity contribution is 5.81. The lowest BCUT2D eigenvalue weighted by Crippen LogP contribution is -3.06. The fraction of sp³-hybridized carbons (Fsp3) is 0.211. The van der Waals surface area contributed by atoms with E-state index in [2.05, 4.69) is 0 Å². The summed E-state index contributed by atoms with van der Waals surface area (Å²) in [6.07, 6.45) is 0. The molecular formula is C19H19FNO3+. The van der Waals surface area contributed by atoms with E-state index in [9.17, 15) is 9.18 Å². The Morgan fingerprint density at radius 1 is 1.08 bits per heavy atom. The van der Waals surface area contributed by atoms with Gasteiger partial charge in [0.1, 0.15) is 30.2 Å². The molecule has 0 bridgehead atoms. The Bertz CT molecular complexity index is 903. The van der Waals surface area contributed by atoms with Crippen molar-refractivity contribution in [3.8, 4) is 5.75 Å². The van der Waals surface area contributed by atoms with Gasteiger partial charge in [0.05, 0.1) is 14.2 Å². The summed E-state index contributed by atoms with van der Waals surface area (Å²) in [6, 6.07) is 13.5. The number of ether oxygens (including phenoxy) is 1. The number of quaternary nitrogens is 1. The molecule has 0 spiro atoms. The number of methoxy groups -OCH3 is 1. The highest BCUT2D eigenvalue weighted by atomic mass is 19.1. The van der Waals surface area contributed by atoms with Crippen LogP contribution in [0.5, 0.6) is 5.75 Å². The van der Waals surface area contributed by atoms with Crippen LogP contribution in [0.1, 0.15) is 11.1 Å². The van der Waals surface area contributed by atoms with Crippen LogP contribution in [0.4, 0.5) is 4.39 Å². The number of fused-ring (bicyclic) bond motifs is 1. The predicted molar refractivity (Wildman–Crippen MR) is 89.7 cm³/mol. The summed E-state index contributed by atoms with van der Waals surface area (Å²) in [5.41, 5.74) is 2.11. The maximum Gasteiger partial charge on any atom is 0.336 e. The van der Waals surface area contributed by atoms with E-state index >= 15 is 0 Å². The first-order chi connectivity index (χ1) is 11.5. The third-order valence-corrected chi connectivity index (χ3v) is 3.95. The van der Waals surface area contributed by atoms with Gasteiger partial charge in [0.15, 0.2) is 0 Å². The van der Waals surface area contributed by atoms with Gasteiger partial charge in [0.25, 0.3) is 0 Å². The largest absolute Gasteiger partial charge is 0.497 e. The van der Waals surface area contributed by atoms with Crippen molar-refractivity contribution in [3.63, 3.8) is 0 Å². The van der Waals surface area contributed by atoms with E-state index in [-0.39, 0.29) is 11.4 Å². The summed E-state index contributed by atoms with van der Waals surface area (Å²) in [5, 5.41) is 0.897. The summed E-state index contributed by atoms with van der Waals surface area (Å²) in [7, 11) is 3.61. The second-order valence-electron chi connectivity index (χ2n) is 5.89. The third-order valence-electron chi connectivity index (χ3n) is 3.95. The van der Waals surface area contributed by atoms with Gasteiger partial charge >= 0.3 is 5.63 Å². The van der Waals surface area contributed by atoms with Gasteiger partial charge in [-0.1, -0.05) is 12.1 Å². The molecule has 1 aromatic heterocycles. The van der Waals surface area contributed by atoms with Gasteiger partial charge in [-0.3, -0.25) is 0 Å². The van der Waals surface area contributed by atoms with Crippen LogP contribution >= 0.6 is 0 Å². The number of hydrogen-bond acceptors (Lipinski definition) is 3. The molecule has 0 saturated carbocycles. The molecule has 0 aliphatic rings. The summed E-state index contributed by atoms with van der Waals surface area (Å²) in [4.78, 5) is 13.0. The first-order valence-electron chi connectivity index (χ1n) is 7.71. The molecule has 0 amide bonds. The van der Waals surface area contributed by atoms with Crippen molar-refractivity contribution in [2.45, 2.75) is 13.1 Å². The lowest BCUT2D eigenvalue weighted by Gasteiger charge is -2.15. The molecule has 0 saturated heterocycles. The summed E-state index contributed by atoms with van der Waals surface area (Å²) >= 11 is 0. The highest BCUT2D eigenvalue weighted by Gasteiger charge is 2.12. The molecular weight excluding hydrogens is 309 g/mol. The topological polar surface area (TPSA) is 43.9 Å². The van der Waals surface area contributed by atoms with Gasteiger partial charge < -0.3 is 14.1 Å². The van der Waals surface area contributed by atoms with Crippen LogP contribution < -0.4 is 15.3 Å². The van der Waals surface area contributed by atoms with Crippen LogP contribution in [0.25, 0.3) is 11.0 Å². The zero-order valence-corrected chi connectivity index (χ0v) is 13.6. The number of halogens is 1. The Kier molecular flexibility index (Phi) is 4.62. The average Bonchev–Trinajstić information content (AvgIpc) is 2.56. The van der Waals surface area contributed by atoms with Crippen molar-refractivity contribution in [1.29, 1.82) is 0 Å². The number of nitrogens with one attached hydrogen (secondary N) is 1. The number of benzene rings is 2. The minimum atomic E-state index is -0.375. The van der Waals surface area contributed by atoms with E-state index in [1.807, 2.05) is 19.2 Å². The Morgan fingerprint density at radius 2 is 1.83 bits per heavy atom. The van der Waals surface area contributed by atoms with Crippen LogP contribution in [0.3, 0.4) is 0 Å². The summed E-state index contributed by atoms with van der Waals surface area (Å²) in [6.45, 7) is 1.39. The second-order valence-corrected chi connectivity index (χ2v) is 5.89. The third kappa shape index (κ3) is 3.63. The standard InChI is InChI=1S/C19H18FNO3/c1-21(11-13-3-5-15(20)6-4-13)12-14-9-19(22)24-18-10-16(23-2)7-8-17(14)18/h3-10H,11-12H2,1-2H3/p+1. The quantitative estimate of drug-likeness (QED) is 0.730. The fourth-order valence-electron chi connectivity index (χ4n) is 2.82. The molecule has 1 N–H and O–H groups in total. The van der Waals surface area contributed by atoms with Crippen LogP contribution in [-0.4, -0.2) is 14.2 Å². The monoisotopic (exact) mass is 328 g/mol. The van der Waals surface area contributed by atoms with Crippen molar-refractivity contribution in [2.75, 3.05) is 14.2 Å².